The Hall–Kier alpha value is -3.94. The molecule has 0 radical (unpaired) electrons. The van der Waals surface area contributed by atoms with Gasteiger partial charge < -0.3 is 20.3 Å². The Balaban J connectivity index is 0.000000634. The van der Waals surface area contributed by atoms with Crippen molar-refractivity contribution in [2.24, 2.45) is 0 Å². The average Bonchev–Trinajstić information content (AvgIpc) is 3.54. The second kappa shape index (κ2) is 12.7. The maximum absolute atomic E-state index is 12.9. The van der Waals surface area contributed by atoms with Crippen molar-refractivity contribution >= 4 is 17.4 Å². The molecule has 0 atom stereocenters. The number of hydrogen-bond acceptors (Lipinski definition) is 6. The van der Waals surface area contributed by atoms with E-state index < -0.39 is 17.8 Å². The molecule has 2 N–H and O–H groups in total. The third-order valence-electron chi connectivity index (χ3n) is 6.37. The van der Waals surface area contributed by atoms with Crippen LogP contribution in [0.2, 0.25) is 0 Å². The van der Waals surface area contributed by atoms with E-state index in [9.17, 15) is 18.0 Å². The topological polar surface area (TPSA) is 79.4 Å². The molecule has 39 heavy (non-hydrogen) atoms. The number of benzene rings is 1. The molecule has 2 fully saturated rings. The number of morpholine rings is 1. The number of halogens is 3. The van der Waals surface area contributed by atoms with Gasteiger partial charge in [-0.25, -0.2) is 4.98 Å². The van der Waals surface area contributed by atoms with Crippen molar-refractivity contribution in [3.8, 4) is 23.5 Å². The first-order valence-corrected chi connectivity index (χ1v) is 12.7. The van der Waals surface area contributed by atoms with Gasteiger partial charge >= 0.3 is 6.18 Å². The highest BCUT2D eigenvalue weighted by Crippen LogP contribution is 2.31. The van der Waals surface area contributed by atoms with Gasteiger partial charge in [-0.2, -0.15) is 13.2 Å². The highest BCUT2D eigenvalue weighted by atomic mass is 19.4. The van der Waals surface area contributed by atoms with Gasteiger partial charge in [-0.3, -0.25) is 9.78 Å². The number of aromatic nitrogens is 2. The Morgan fingerprint density at radius 2 is 1.85 bits per heavy atom. The molecule has 204 valence electrons. The second-order valence-electron chi connectivity index (χ2n) is 9.21. The number of rotatable bonds is 4. The number of carbonyl (C=O) groups is 1. The summed E-state index contributed by atoms with van der Waals surface area (Å²) in [5, 5.41) is 5.89. The Kier molecular flexibility index (Phi) is 9.17. The SMILES string of the molecule is C#Cc1cc(-c2cc(NC(=O)c3ccnc(C(F)(F)F)c3)ccc2C)cc(N2CCOCC2)n1.C1CCNC1. The van der Waals surface area contributed by atoms with Crippen LogP contribution in [0.15, 0.2) is 48.7 Å². The molecule has 2 aliphatic heterocycles. The van der Waals surface area contributed by atoms with Crippen LogP contribution >= 0.6 is 0 Å². The van der Waals surface area contributed by atoms with Gasteiger partial charge in [-0.1, -0.05) is 12.0 Å². The zero-order valence-electron chi connectivity index (χ0n) is 21.6. The number of carbonyl (C=O) groups excluding carboxylic acids is 1. The highest BCUT2D eigenvalue weighted by molar-refractivity contribution is 6.04. The van der Waals surface area contributed by atoms with E-state index in [0.717, 1.165) is 34.8 Å². The maximum atomic E-state index is 12.9. The first-order valence-electron chi connectivity index (χ1n) is 12.7. The quantitative estimate of drug-likeness (QED) is 0.461. The van der Waals surface area contributed by atoms with E-state index in [1.54, 1.807) is 18.2 Å². The van der Waals surface area contributed by atoms with Gasteiger partial charge in [0.15, 0.2) is 0 Å². The van der Waals surface area contributed by atoms with Gasteiger partial charge in [0.2, 0.25) is 0 Å². The molecule has 5 rings (SSSR count). The lowest BCUT2D eigenvalue weighted by molar-refractivity contribution is -0.141. The number of anilines is 2. The Labute approximate surface area is 225 Å². The summed E-state index contributed by atoms with van der Waals surface area (Å²) >= 11 is 0. The molecule has 10 heteroatoms. The highest BCUT2D eigenvalue weighted by Gasteiger charge is 2.33. The molecule has 1 amide bonds. The summed E-state index contributed by atoms with van der Waals surface area (Å²) in [6, 6.07) is 10.9. The van der Waals surface area contributed by atoms with Crippen LogP contribution in [0.5, 0.6) is 0 Å². The average molecular weight is 538 g/mol. The zero-order valence-corrected chi connectivity index (χ0v) is 21.6. The van der Waals surface area contributed by atoms with Crippen LogP contribution < -0.4 is 15.5 Å². The number of nitrogens with one attached hydrogen (secondary N) is 2. The van der Waals surface area contributed by atoms with E-state index in [0.29, 0.717) is 37.7 Å². The minimum atomic E-state index is -4.64. The standard InChI is InChI=1S/C25H21F3N4O2.C4H9N/c1-3-19-12-18(14-23(30-19)32-8-10-34-11-9-32)21-15-20(5-4-16(21)2)31-24(33)17-6-7-29-22(13-17)25(26,27)28;1-2-4-5-3-1/h1,4-7,12-15H,8-11H2,2H3,(H,31,33);5H,1-4H2. The minimum absolute atomic E-state index is 0.141. The van der Waals surface area contributed by atoms with Crippen LogP contribution in [-0.4, -0.2) is 55.3 Å². The van der Waals surface area contributed by atoms with Gasteiger partial charge in [0, 0.05) is 30.5 Å². The number of amides is 1. The number of ether oxygens (including phenoxy) is 1. The molecule has 0 unspecified atom stereocenters. The monoisotopic (exact) mass is 537 g/mol. The summed E-state index contributed by atoms with van der Waals surface area (Å²) in [5.74, 6) is 2.65. The van der Waals surface area contributed by atoms with Crippen LogP contribution in [0.1, 0.15) is 40.2 Å². The Bertz CT molecular complexity index is 1340. The Morgan fingerprint density at radius 3 is 2.49 bits per heavy atom. The van der Waals surface area contributed by atoms with Gasteiger partial charge in [0.05, 0.1) is 13.2 Å². The first kappa shape index (κ1) is 28.1. The zero-order chi connectivity index (χ0) is 27.8. The number of pyridine rings is 2. The maximum Gasteiger partial charge on any atom is 0.433 e. The lowest BCUT2D eigenvalue weighted by atomic mass is 9.99. The third-order valence-corrected chi connectivity index (χ3v) is 6.37. The van der Waals surface area contributed by atoms with Gasteiger partial charge in [-0.15, -0.1) is 6.42 Å². The van der Waals surface area contributed by atoms with Crippen molar-refractivity contribution in [3.63, 3.8) is 0 Å². The van der Waals surface area contributed by atoms with Crippen molar-refractivity contribution < 1.29 is 22.7 Å². The van der Waals surface area contributed by atoms with E-state index in [-0.39, 0.29) is 5.56 Å². The molecule has 2 aromatic heterocycles. The summed E-state index contributed by atoms with van der Waals surface area (Å²) in [7, 11) is 0. The summed E-state index contributed by atoms with van der Waals surface area (Å²) in [4.78, 5) is 22.5. The van der Waals surface area contributed by atoms with Crippen LogP contribution in [0.25, 0.3) is 11.1 Å². The van der Waals surface area contributed by atoms with Gasteiger partial charge in [0.1, 0.15) is 17.2 Å². The molecule has 0 saturated carbocycles. The fourth-order valence-corrected chi connectivity index (χ4v) is 4.27. The van der Waals surface area contributed by atoms with Crippen LogP contribution in [0.4, 0.5) is 24.7 Å². The number of aryl methyl sites for hydroxylation is 1. The molecule has 0 aliphatic carbocycles. The van der Waals surface area contributed by atoms with E-state index in [4.69, 9.17) is 11.2 Å². The van der Waals surface area contributed by atoms with E-state index >= 15 is 0 Å². The number of alkyl halides is 3. The second-order valence-corrected chi connectivity index (χ2v) is 9.21. The molecule has 3 aromatic rings. The van der Waals surface area contributed by atoms with Gasteiger partial charge in [0.25, 0.3) is 5.91 Å². The van der Waals surface area contributed by atoms with Crippen molar-refractivity contribution in [3.05, 3.63) is 71.2 Å². The number of terminal acetylenes is 1. The molecule has 1 aromatic carbocycles. The smallest absolute Gasteiger partial charge is 0.378 e. The molecular weight excluding hydrogens is 507 g/mol. The number of hydrogen-bond donors (Lipinski definition) is 2. The minimum Gasteiger partial charge on any atom is -0.378 e. The van der Waals surface area contributed by atoms with E-state index in [2.05, 4.69) is 31.4 Å². The van der Waals surface area contributed by atoms with Crippen molar-refractivity contribution in [1.29, 1.82) is 0 Å². The molecule has 2 aliphatic rings. The van der Waals surface area contributed by atoms with E-state index in [1.807, 2.05) is 19.1 Å². The van der Waals surface area contributed by atoms with Crippen molar-refractivity contribution in [2.75, 3.05) is 49.6 Å². The lowest BCUT2D eigenvalue weighted by Gasteiger charge is -2.28. The fraction of sp³-hybridized carbons (Fsp3) is 0.345. The molecular formula is C29H30F3N5O2. The summed E-state index contributed by atoms with van der Waals surface area (Å²) in [5.41, 5.74) is 2.21. The van der Waals surface area contributed by atoms with E-state index in [1.165, 1.54) is 32.0 Å². The number of nitrogens with zero attached hydrogens (tertiary/aromatic N) is 3. The lowest BCUT2D eigenvalue weighted by Crippen LogP contribution is -2.36. The third kappa shape index (κ3) is 7.56. The van der Waals surface area contributed by atoms with Gasteiger partial charge in [-0.05, 0) is 85.9 Å². The normalized spacial score (nSPS) is 15.2. The van der Waals surface area contributed by atoms with Crippen LogP contribution in [0, 0.1) is 19.3 Å². The first-order chi connectivity index (χ1) is 18.7. The van der Waals surface area contributed by atoms with Crippen LogP contribution in [0.3, 0.4) is 0 Å². The van der Waals surface area contributed by atoms with Crippen LogP contribution in [-0.2, 0) is 10.9 Å². The largest absolute Gasteiger partial charge is 0.433 e. The molecule has 0 bridgehead atoms. The fourth-order valence-electron chi connectivity index (χ4n) is 4.27. The molecule has 4 heterocycles. The predicted molar refractivity (Wildman–Crippen MR) is 145 cm³/mol. The predicted octanol–water partition coefficient (Wildman–Crippen LogP) is 4.91. The summed E-state index contributed by atoms with van der Waals surface area (Å²) in [6.45, 7) is 7.01. The molecule has 7 nitrogen and oxygen atoms in total. The molecule has 2 saturated heterocycles. The molecule has 0 spiro atoms. The van der Waals surface area contributed by atoms with Crippen molar-refractivity contribution in [1.82, 2.24) is 15.3 Å². The summed E-state index contributed by atoms with van der Waals surface area (Å²) in [6.07, 6.45) is 4.74. The Morgan fingerprint density at radius 1 is 1.10 bits per heavy atom. The van der Waals surface area contributed by atoms with Crippen molar-refractivity contribution in [2.45, 2.75) is 25.9 Å². The summed E-state index contributed by atoms with van der Waals surface area (Å²) < 4.78 is 44.3.